The Morgan fingerprint density at radius 2 is 2.64 bits per heavy atom. The summed E-state index contributed by atoms with van der Waals surface area (Å²) in [6.07, 6.45) is 1.18. The molecule has 0 saturated heterocycles. The SMILES string of the molecule is CCOC(=O)c1ncoc1Br. The predicted molar refractivity (Wildman–Crippen MR) is 40.2 cm³/mol. The molecule has 0 aromatic carbocycles. The van der Waals surface area contributed by atoms with Crippen molar-refractivity contribution in [2.45, 2.75) is 6.92 Å². The number of ether oxygens (including phenoxy) is 1. The number of halogens is 1. The average molecular weight is 220 g/mol. The van der Waals surface area contributed by atoms with Crippen LogP contribution in [-0.2, 0) is 4.74 Å². The quantitative estimate of drug-likeness (QED) is 0.710. The molecule has 60 valence electrons. The smallest absolute Gasteiger partial charge is 0.361 e. The van der Waals surface area contributed by atoms with E-state index in [-0.39, 0.29) is 5.69 Å². The van der Waals surface area contributed by atoms with E-state index in [1.165, 1.54) is 6.39 Å². The number of hydrogen-bond donors (Lipinski definition) is 0. The van der Waals surface area contributed by atoms with E-state index in [1.807, 2.05) is 0 Å². The summed E-state index contributed by atoms with van der Waals surface area (Å²) in [6.45, 7) is 2.06. The summed E-state index contributed by atoms with van der Waals surface area (Å²) < 4.78 is 9.71. The van der Waals surface area contributed by atoms with E-state index >= 15 is 0 Å². The Hall–Kier alpha value is -0.840. The van der Waals surface area contributed by atoms with Crippen LogP contribution in [0, 0.1) is 0 Å². The van der Waals surface area contributed by atoms with Gasteiger partial charge < -0.3 is 9.15 Å². The third-order valence-corrected chi connectivity index (χ3v) is 1.56. The standard InChI is InChI=1S/C6H6BrNO3/c1-2-10-6(9)4-5(7)11-3-8-4/h3H,2H2,1H3. The molecule has 1 heterocycles. The Balaban J connectivity index is 2.76. The summed E-state index contributed by atoms with van der Waals surface area (Å²) >= 11 is 3.01. The molecule has 1 aromatic heterocycles. The van der Waals surface area contributed by atoms with Gasteiger partial charge >= 0.3 is 5.97 Å². The van der Waals surface area contributed by atoms with Gasteiger partial charge in [0.25, 0.3) is 0 Å². The Bertz CT molecular complexity index is 258. The van der Waals surface area contributed by atoms with Gasteiger partial charge in [-0.2, -0.15) is 0 Å². The summed E-state index contributed by atoms with van der Waals surface area (Å²) in [5.41, 5.74) is 0.173. The van der Waals surface area contributed by atoms with Gasteiger partial charge in [-0.3, -0.25) is 0 Å². The molecule has 0 atom stereocenters. The molecule has 0 bridgehead atoms. The summed E-state index contributed by atoms with van der Waals surface area (Å²) in [7, 11) is 0. The molecule has 0 spiro atoms. The van der Waals surface area contributed by atoms with E-state index < -0.39 is 5.97 Å². The van der Waals surface area contributed by atoms with Gasteiger partial charge in [0.1, 0.15) is 0 Å². The van der Waals surface area contributed by atoms with Crippen LogP contribution in [0.3, 0.4) is 0 Å². The lowest BCUT2D eigenvalue weighted by molar-refractivity contribution is 0.0518. The van der Waals surface area contributed by atoms with E-state index in [0.29, 0.717) is 11.3 Å². The molecule has 0 radical (unpaired) electrons. The van der Waals surface area contributed by atoms with Gasteiger partial charge in [-0.05, 0) is 22.9 Å². The lowest BCUT2D eigenvalue weighted by atomic mass is 10.5. The molecule has 0 aliphatic heterocycles. The Labute approximate surface area is 71.7 Å². The maximum Gasteiger partial charge on any atom is 0.361 e. The van der Waals surface area contributed by atoms with Crippen molar-refractivity contribution in [3.63, 3.8) is 0 Å². The summed E-state index contributed by atoms with van der Waals surface area (Å²) in [4.78, 5) is 14.6. The van der Waals surface area contributed by atoms with Crippen LogP contribution < -0.4 is 0 Å². The van der Waals surface area contributed by atoms with Gasteiger partial charge in [-0.25, -0.2) is 9.78 Å². The minimum atomic E-state index is -0.479. The zero-order valence-electron chi connectivity index (χ0n) is 5.83. The Kier molecular flexibility index (Phi) is 2.64. The molecule has 0 aliphatic rings. The first-order valence-electron chi connectivity index (χ1n) is 3.01. The number of hydrogen-bond acceptors (Lipinski definition) is 4. The van der Waals surface area contributed by atoms with Crippen molar-refractivity contribution in [3.8, 4) is 0 Å². The molecule has 0 aliphatic carbocycles. The third kappa shape index (κ3) is 1.80. The van der Waals surface area contributed by atoms with Crippen LogP contribution in [0.2, 0.25) is 0 Å². The number of rotatable bonds is 2. The highest BCUT2D eigenvalue weighted by atomic mass is 79.9. The lowest BCUT2D eigenvalue weighted by Crippen LogP contribution is -2.05. The van der Waals surface area contributed by atoms with Crippen LogP contribution in [0.15, 0.2) is 15.5 Å². The monoisotopic (exact) mass is 219 g/mol. The van der Waals surface area contributed by atoms with Gasteiger partial charge in [-0.1, -0.05) is 0 Å². The fourth-order valence-corrected chi connectivity index (χ4v) is 0.912. The normalized spacial score (nSPS) is 9.64. The topological polar surface area (TPSA) is 52.3 Å². The van der Waals surface area contributed by atoms with E-state index in [2.05, 4.69) is 25.7 Å². The number of esters is 1. The molecule has 0 fully saturated rings. The maximum atomic E-state index is 11.0. The van der Waals surface area contributed by atoms with Crippen LogP contribution >= 0.6 is 15.9 Å². The highest BCUT2D eigenvalue weighted by Gasteiger charge is 2.14. The summed E-state index contributed by atoms with van der Waals surface area (Å²) in [6, 6.07) is 0. The van der Waals surface area contributed by atoms with Crippen molar-refractivity contribution in [1.82, 2.24) is 4.98 Å². The summed E-state index contributed by atoms with van der Waals surface area (Å²) in [5.74, 6) is -0.479. The minimum Gasteiger partial charge on any atom is -0.461 e. The van der Waals surface area contributed by atoms with Gasteiger partial charge in [0.05, 0.1) is 6.61 Å². The van der Waals surface area contributed by atoms with E-state index in [1.54, 1.807) is 6.92 Å². The molecule has 0 unspecified atom stereocenters. The zero-order chi connectivity index (χ0) is 8.27. The lowest BCUT2D eigenvalue weighted by Gasteiger charge is -1.95. The second-order valence-electron chi connectivity index (χ2n) is 1.70. The van der Waals surface area contributed by atoms with Crippen molar-refractivity contribution in [2.75, 3.05) is 6.61 Å². The van der Waals surface area contributed by atoms with E-state index in [9.17, 15) is 4.79 Å². The minimum absolute atomic E-state index is 0.173. The Morgan fingerprint density at radius 1 is 1.91 bits per heavy atom. The average Bonchev–Trinajstić information content (AvgIpc) is 2.36. The van der Waals surface area contributed by atoms with Crippen molar-refractivity contribution in [2.24, 2.45) is 0 Å². The molecule has 1 rings (SSSR count). The molecular formula is C6H6BrNO3. The molecule has 1 aromatic rings. The molecule has 0 amide bonds. The van der Waals surface area contributed by atoms with Gasteiger partial charge in [0.15, 0.2) is 6.39 Å². The van der Waals surface area contributed by atoms with Crippen molar-refractivity contribution in [3.05, 3.63) is 16.8 Å². The number of aromatic nitrogens is 1. The van der Waals surface area contributed by atoms with Crippen molar-refractivity contribution < 1.29 is 13.9 Å². The highest BCUT2D eigenvalue weighted by molar-refractivity contribution is 9.10. The number of oxazole rings is 1. The van der Waals surface area contributed by atoms with Crippen molar-refractivity contribution >= 4 is 21.9 Å². The van der Waals surface area contributed by atoms with E-state index in [0.717, 1.165) is 0 Å². The van der Waals surface area contributed by atoms with Crippen LogP contribution in [-0.4, -0.2) is 17.6 Å². The first-order valence-corrected chi connectivity index (χ1v) is 3.81. The van der Waals surface area contributed by atoms with Crippen molar-refractivity contribution in [1.29, 1.82) is 0 Å². The predicted octanol–water partition coefficient (Wildman–Crippen LogP) is 1.61. The molecule has 0 N–H and O–H groups in total. The zero-order valence-corrected chi connectivity index (χ0v) is 7.42. The molecule has 11 heavy (non-hydrogen) atoms. The van der Waals surface area contributed by atoms with Gasteiger partial charge in [-0.15, -0.1) is 0 Å². The van der Waals surface area contributed by atoms with Crippen LogP contribution in [0.25, 0.3) is 0 Å². The van der Waals surface area contributed by atoms with Gasteiger partial charge in [0, 0.05) is 0 Å². The third-order valence-electron chi connectivity index (χ3n) is 0.993. The molecular weight excluding hydrogens is 214 g/mol. The first kappa shape index (κ1) is 8.26. The number of carbonyl (C=O) groups is 1. The van der Waals surface area contributed by atoms with E-state index in [4.69, 9.17) is 4.42 Å². The fourth-order valence-electron chi connectivity index (χ4n) is 0.564. The molecule has 5 heteroatoms. The second-order valence-corrected chi connectivity index (χ2v) is 2.42. The Morgan fingerprint density at radius 3 is 3.09 bits per heavy atom. The first-order chi connectivity index (χ1) is 5.25. The fraction of sp³-hybridized carbons (Fsp3) is 0.333. The number of nitrogens with zero attached hydrogens (tertiary/aromatic N) is 1. The highest BCUT2D eigenvalue weighted by Crippen LogP contribution is 2.14. The van der Waals surface area contributed by atoms with Crippen LogP contribution in [0.1, 0.15) is 17.4 Å². The number of carbonyl (C=O) groups excluding carboxylic acids is 1. The largest absolute Gasteiger partial charge is 0.461 e. The van der Waals surface area contributed by atoms with Crippen LogP contribution in [0.5, 0.6) is 0 Å². The van der Waals surface area contributed by atoms with Crippen LogP contribution in [0.4, 0.5) is 0 Å². The van der Waals surface area contributed by atoms with Gasteiger partial charge in [0.2, 0.25) is 10.4 Å². The second kappa shape index (κ2) is 3.52. The molecule has 4 nitrogen and oxygen atoms in total. The maximum absolute atomic E-state index is 11.0. The summed E-state index contributed by atoms with van der Waals surface area (Å²) in [5, 5.41) is 0. The molecule has 0 saturated carbocycles.